The molecule has 0 aliphatic heterocycles. The Labute approximate surface area is 126 Å². The highest BCUT2D eigenvalue weighted by Gasteiger charge is 2.67. The van der Waals surface area contributed by atoms with Crippen LogP contribution >= 0.6 is 23.2 Å². The molecule has 3 rings (SSSR count). The maximum absolute atomic E-state index is 12.3. The molecule has 0 radical (unpaired) electrons. The van der Waals surface area contributed by atoms with E-state index in [0.717, 1.165) is 5.69 Å². The first-order chi connectivity index (χ1) is 9.44. The molecule has 1 heterocycles. The van der Waals surface area contributed by atoms with Gasteiger partial charge >= 0.3 is 0 Å². The Kier molecular flexibility index (Phi) is 3.03. The SMILES string of the molecule is C[C@]1(C(=O)Nc2ccccc2-n2cccn2)CC1(Cl)Cl. The molecule has 1 aromatic carbocycles. The number of benzene rings is 1. The number of anilines is 1. The minimum Gasteiger partial charge on any atom is -0.324 e. The van der Waals surface area contributed by atoms with Gasteiger partial charge in [0, 0.05) is 12.4 Å². The molecule has 1 N–H and O–H groups in total. The summed E-state index contributed by atoms with van der Waals surface area (Å²) in [5.74, 6) is -0.179. The molecule has 2 aromatic rings. The van der Waals surface area contributed by atoms with E-state index < -0.39 is 9.75 Å². The third-order valence-corrected chi connectivity index (χ3v) is 4.76. The smallest absolute Gasteiger partial charge is 0.233 e. The lowest BCUT2D eigenvalue weighted by Gasteiger charge is -2.15. The first-order valence-electron chi connectivity index (χ1n) is 6.22. The fraction of sp³-hybridized carbons (Fsp3) is 0.286. The summed E-state index contributed by atoms with van der Waals surface area (Å²) in [6.07, 6.45) is 3.96. The number of nitrogens with zero attached hydrogens (tertiary/aromatic N) is 2. The fourth-order valence-electron chi connectivity index (χ4n) is 2.10. The number of hydrogen-bond donors (Lipinski definition) is 1. The third-order valence-electron chi connectivity index (χ3n) is 3.66. The van der Waals surface area contributed by atoms with Gasteiger partial charge in [-0.25, -0.2) is 4.68 Å². The molecule has 20 heavy (non-hydrogen) atoms. The van der Waals surface area contributed by atoms with Crippen LogP contribution in [0.3, 0.4) is 0 Å². The standard InChI is InChI=1S/C14H13Cl2N3O/c1-13(9-14(13,15)16)12(20)18-10-5-2-3-6-11(10)19-8-4-7-17-19/h2-8H,9H2,1H3,(H,18,20)/t13-/m1/s1. The van der Waals surface area contributed by atoms with E-state index >= 15 is 0 Å². The molecule has 1 aromatic heterocycles. The quantitative estimate of drug-likeness (QED) is 0.883. The van der Waals surface area contributed by atoms with Crippen molar-refractivity contribution in [3.05, 3.63) is 42.7 Å². The third kappa shape index (κ3) is 2.09. The molecule has 0 spiro atoms. The normalized spacial score (nSPS) is 23.4. The van der Waals surface area contributed by atoms with Crippen LogP contribution in [-0.2, 0) is 4.79 Å². The van der Waals surface area contributed by atoms with E-state index in [9.17, 15) is 4.79 Å². The van der Waals surface area contributed by atoms with E-state index in [1.807, 2.05) is 36.5 Å². The van der Waals surface area contributed by atoms with Gasteiger partial charge in [0.05, 0.1) is 16.8 Å². The van der Waals surface area contributed by atoms with Crippen LogP contribution in [0.15, 0.2) is 42.7 Å². The zero-order valence-corrected chi connectivity index (χ0v) is 12.3. The van der Waals surface area contributed by atoms with Crippen LogP contribution in [0.25, 0.3) is 5.69 Å². The van der Waals surface area contributed by atoms with Crippen molar-refractivity contribution in [1.29, 1.82) is 0 Å². The molecule has 1 amide bonds. The van der Waals surface area contributed by atoms with Gasteiger partial charge in [-0.05, 0) is 31.5 Å². The van der Waals surface area contributed by atoms with Crippen molar-refractivity contribution >= 4 is 34.8 Å². The van der Waals surface area contributed by atoms with Gasteiger partial charge in [0.1, 0.15) is 4.33 Å². The topological polar surface area (TPSA) is 46.9 Å². The Morgan fingerprint density at radius 1 is 1.35 bits per heavy atom. The average molecular weight is 310 g/mol. The summed E-state index contributed by atoms with van der Waals surface area (Å²) >= 11 is 12.1. The lowest BCUT2D eigenvalue weighted by Crippen LogP contribution is -2.26. The molecular weight excluding hydrogens is 297 g/mol. The van der Waals surface area contributed by atoms with E-state index in [2.05, 4.69) is 10.4 Å². The van der Waals surface area contributed by atoms with E-state index in [-0.39, 0.29) is 5.91 Å². The maximum atomic E-state index is 12.3. The number of aromatic nitrogens is 2. The van der Waals surface area contributed by atoms with Crippen molar-refractivity contribution in [2.24, 2.45) is 5.41 Å². The van der Waals surface area contributed by atoms with E-state index in [1.54, 1.807) is 17.8 Å². The molecule has 0 unspecified atom stereocenters. The second kappa shape index (κ2) is 4.50. The summed E-state index contributed by atoms with van der Waals surface area (Å²) in [4.78, 5) is 12.3. The number of halogens is 2. The zero-order valence-electron chi connectivity index (χ0n) is 10.8. The number of carbonyl (C=O) groups excluding carboxylic acids is 1. The molecule has 1 saturated carbocycles. The number of nitrogens with one attached hydrogen (secondary N) is 1. The Balaban J connectivity index is 1.88. The number of alkyl halides is 2. The van der Waals surface area contributed by atoms with Crippen molar-refractivity contribution in [1.82, 2.24) is 9.78 Å². The van der Waals surface area contributed by atoms with Crippen LogP contribution in [0.1, 0.15) is 13.3 Å². The molecule has 6 heteroatoms. The van der Waals surface area contributed by atoms with Gasteiger partial charge in [0.15, 0.2) is 0 Å². The molecule has 0 saturated heterocycles. The van der Waals surface area contributed by atoms with Gasteiger partial charge in [0.2, 0.25) is 5.91 Å². The maximum Gasteiger partial charge on any atom is 0.233 e. The predicted octanol–water partition coefficient (Wildman–Crippen LogP) is 3.39. The Morgan fingerprint density at radius 2 is 2.05 bits per heavy atom. The van der Waals surface area contributed by atoms with Gasteiger partial charge in [-0.1, -0.05) is 12.1 Å². The van der Waals surface area contributed by atoms with Gasteiger partial charge in [-0.3, -0.25) is 4.79 Å². The molecule has 0 bridgehead atoms. The van der Waals surface area contributed by atoms with Crippen LogP contribution in [0.2, 0.25) is 0 Å². The van der Waals surface area contributed by atoms with Crippen LogP contribution in [0.4, 0.5) is 5.69 Å². The molecular formula is C14H13Cl2N3O. The number of carbonyl (C=O) groups is 1. The summed E-state index contributed by atoms with van der Waals surface area (Å²) in [6, 6.07) is 9.27. The minimum atomic E-state index is -0.974. The second-order valence-electron chi connectivity index (χ2n) is 5.14. The van der Waals surface area contributed by atoms with Crippen molar-refractivity contribution in [2.75, 3.05) is 5.32 Å². The summed E-state index contributed by atoms with van der Waals surface area (Å²) in [6.45, 7) is 1.76. The number of rotatable bonds is 3. The highest BCUT2D eigenvalue weighted by atomic mass is 35.5. The monoisotopic (exact) mass is 309 g/mol. The average Bonchev–Trinajstić information content (AvgIpc) is 2.82. The highest BCUT2D eigenvalue weighted by molar-refractivity contribution is 6.53. The number of hydrogen-bond acceptors (Lipinski definition) is 2. The Morgan fingerprint density at radius 3 is 2.65 bits per heavy atom. The first kappa shape index (κ1) is 13.5. The first-order valence-corrected chi connectivity index (χ1v) is 6.98. The van der Waals surface area contributed by atoms with Crippen LogP contribution < -0.4 is 5.32 Å². The summed E-state index contributed by atoms with van der Waals surface area (Å²) < 4.78 is 0.719. The van der Waals surface area contributed by atoms with Crippen molar-refractivity contribution in [3.8, 4) is 5.69 Å². The van der Waals surface area contributed by atoms with Gasteiger partial charge < -0.3 is 5.32 Å². The summed E-state index contributed by atoms with van der Waals surface area (Å²) in [5.41, 5.74) is 0.733. The lowest BCUT2D eigenvalue weighted by molar-refractivity contribution is -0.120. The lowest BCUT2D eigenvalue weighted by atomic mass is 10.1. The van der Waals surface area contributed by atoms with Gasteiger partial charge in [-0.2, -0.15) is 5.10 Å². The predicted molar refractivity (Wildman–Crippen MR) is 79.4 cm³/mol. The van der Waals surface area contributed by atoms with Crippen LogP contribution in [0.5, 0.6) is 0 Å². The molecule has 1 atom stereocenters. The highest BCUT2D eigenvalue weighted by Crippen LogP contribution is 2.64. The van der Waals surface area contributed by atoms with Crippen molar-refractivity contribution in [2.45, 2.75) is 17.7 Å². The number of para-hydroxylation sites is 2. The van der Waals surface area contributed by atoms with E-state index in [4.69, 9.17) is 23.2 Å². The fourth-order valence-corrected chi connectivity index (χ4v) is 2.80. The molecule has 1 aliphatic rings. The van der Waals surface area contributed by atoms with Gasteiger partial charge in [-0.15, -0.1) is 23.2 Å². The largest absolute Gasteiger partial charge is 0.324 e. The van der Waals surface area contributed by atoms with Crippen LogP contribution in [0, 0.1) is 5.41 Å². The molecule has 104 valence electrons. The second-order valence-corrected chi connectivity index (χ2v) is 6.62. The van der Waals surface area contributed by atoms with E-state index in [0.29, 0.717) is 12.1 Å². The minimum absolute atomic E-state index is 0.179. The van der Waals surface area contributed by atoms with Gasteiger partial charge in [0.25, 0.3) is 0 Å². The van der Waals surface area contributed by atoms with Crippen molar-refractivity contribution in [3.63, 3.8) is 0 Å². The molecule has 1 aliphatic carbocycles. The molecule has 4 nitrogen and oxygen atoms in total. The Bertz CT molecular complexity index is 654. The molecule has 1 fully saturated rings. The summed E-state index contributed by atoms with van der Waals surface area (Å²) in [5, 5.41) is 7.06. The number of amides is 1. The zero-order chi connectivity index (χ0) is 14.4. The summed E-state index contributed by atoms with van der Waals surface area (Å²) in [7, 11) is 0. The van der Waals surface area contributed by atoms with Crippen LogP contribution in [-0.4, -0.2) is 20.0 Å². The Hall–Kier alpha value is -1.52. The van der Waals surface area contributed by atoms with Crippen molar-refractivity contribution < 1.29 is 4.79 Å². The van der Waals surface area contributed by atoms with E-state index in [1.165, 1.54) is 0 Å².